The van der Waals surface area contributed by atoms with Gasteiger partial charge in [-0.2, -0.15) is 0 Å². The highest BCUT2D eigenvalue weighted by atomic mass is 32.1. The highest BCUT2D eigenvalue weighted by Gasteiger charge is 2.17. The van der Waals surface area contributed by atoms with Gasteiger partial charge in [0.15, 0.2) is 0 Å². The number of benzene rings is 2. The van der Waals surface area contributed by atoms with Gasteiger partial charge in [0.1, 0.15) is 16.4 Å². The van der Waals surface area contributed by atoms with Crippen molar-refractivity contribution in [1.29, 1.82) is 0 Å². The lowest BCUT2D eigenvalue weighted by Crippen LogP contribution is -2.22. The Balaban J connectivity index is 1.64. The maximum atomic E-state index is 13.0. The quantitative estimate of drug-likeness (QED) is 0.482. The number of nitrogens with one attached hydrogen (secondary N) is 1. The van der Waals surface area contributed by atoms with E-state index in [1.54, 1.807) is 18.4 Å². The molecular formula is C24H25N3O2S. The fraction of sp³-hybridized carbons (Fsp3) is 0.250. The van der Waals surface area contributed by atoms with E-state index in [9.17, 15) is 4.79 Å². The number of aromatic amines is 1. The maximum absolute atomic E-state index is 13.0. The topological polar surface area (TPSA) is 58.2 Å². The average molecular weight is 420 g/mol. The Hall–Kier alpha value is -2.96. The van der Waals surface area contributed by atoms with E-state index in [0.29, 0.717) is 24.3 Å². The second-order valence-electron chi connectivity index (χ2n) is 7.58. The molecule has 4 aromatic rings. The van der Waals surface area contributed by atoms with Gasteiger partial charge in [0.05, 0.1) is 19.0 Å². The van der Waals surface area contributed by atoms with Gasteiger partial charge in [-0.15, -0.1) is 11.3 Å². The molecule has 4 rings (SSSR count). The second-order valence-corrected chi connectivity index (χ2v) is 8.78. The summed E-state index contributed by atoms with van der Waals surface area (Å²) in [6, 6.07) is 16.2. The van der Waals surface area contributed by atoms with Gasteiger partial charge in [-0.25, -0.2) is 4.98 Å². The zero-order chi connectivity index (χ0) is 21.3. The van der Waals surface area contributed by atoms with Crippen LogP contribution in [0.5, 0.6) is 5.75 Å². The van der Waals surface area contributed by atoms with E-state index in [-0.39, 0.29) is 5.56 Å². The van der Waals surface area contributed by atoms with Crippen LogP contribution >= 0.6 is 11.3 Å². The normalized spacial score (nSPS) is 11.4. The average Bonchev–Trinajstić information content (AvgIpc) is 3.05. The smallest absolute Gasteiger partial charge is 0.260 e. The van der Waals surface area contributed by atoms with Crippen LogP contribution in [-0.2, 0) is 13.1 Å². The van der Waals surface area contributed by atoms with Gasteiger partial charge in [-0.3, -0.25) is 9.69 Å². The first-order chi connectivity index (χ1) is 14.5. The van der Waals surface area contributed by atoms with Gasteiger partial charge in [0, 0.05) is 22.5 Å². The first-order valence-corrected chi connectivity index (χ1v) is 10.7. The predicted molar refractivity (Wildman–Crippen MR) is 123 cm³/mol. The number of hydrogen-bond donors (Lipinski definition) is 1. The summed E-state index contributed by atoms with van der Waals surface area (Å²) < 4.78 is 5.44. The van der Waals surface area contributed by atoms with E-state index < -0.39 is 0 Å². The molecule has 2 heterocycles. The minimum Gasteiger partial charge on any atom is -0.496 e. The van der Waals surface area contributed by atoms with Crippen LogP contribution < -0.4 is 10.3 Å². The van der Waals surface area contributed by atoms with E-state index in [1.165, 1.54) is 5.56 Å². The van der Waals surface area contributed by atoms with Crippen molar-refractivity contribution >= 4 is 21.6 Å². The summed E-state index contributed by atoms with van der Waals surface area (Å²) in [5, 5.41) is 0.678. The molecule has 30 heavy (non-hydrogen) atoms. The largest absolute Gasteiger partial charge is 0.496 e. The number of methoxy groups -OCH3 is 1. The van der Waals surface area contributed by atoms with E-state index in [4.69, 9.17) is 9.72 Å². The summed E-state index contributed by atoms with van der Waals surface area (Å²) in [4.78, 5) is 24.8. The molecule has 0 atom stereocenters. The zero-order valence-electron chi connectivity index (χ0n) is 17.7. The number of rotatable bonds is 6. The summed E-state index contributed by atoms with van der Waals surface area (Å²) in [5.74, 6) is 1.53. The highest BCUT2D eigenvalue weighted by Crippen LogP contribution is 2.35. The third kappa shape index (κ3) is 4.01. The van der Waals surface area contributed by atoms with Gasteiger partial charge in [0.2, 0.25) is 0 Å². The summed E-state index contributed by atoms with van der Waals surface area (Å²) in [5.41, 5.74) is 4.25. The molecule has 0 amide bonds. The van der Waals surface area contributed by atoms with Crippen molar-refractivity contribution in [3.05, 3.63) is 80.7 Å². The van der Waals surface area contributed by atoms with E-state index >= 15 is 0 Å². The molecule has 0 spiro atoms. The Labute approximate surface area is 180 Å². The fourth-order valence-electron chi connectivity index (χ4n) is 3.74. The molecular weight excluding hydrogens is 394 g/mol. The van der Waals surface area contributed by atoms with Crippen LogP contribution in [-0.4, -0.2) is 29.0 Å². The van der Waals surface area contributed by atoms with Gasteiger partial charge in [-0.05, 0) is 32.5 Å². The molecule has 154 valence electrons. The zero-order valence-corrected chi connectivity index (χ0v) is 18.5. The van der Waals surface area contributed by atoms with Crippen LogP contribution in [0, 0.1) is 13.8 Å². The molecule has 0 aliphatic rings. The SMILES string of the molecule is COc1ccccc1CN(C)Cc1nc2sc(C)c(-c3ccc(C)cc3)c2c(=O)[nH]1. The molecule has 0 radical (unpaired) electrons. The van der Waals surface area contributed by atoms with Crippen LogP contribution in [0.15, 0.2) is 53.3 Å². The fourth-order valence-corrected chi connectivity index (χ4v) is 4.81. The summed E-state index contributed by atoms with van der Waals surface area (Å²) in [7, 11) is 3.69. The van der Waals surface area contributed by atoms with Crippen molar-refractivity contribution < 1.29 is 4.74 Å². The van der Waals surface area contributed by atoms with Gasteiger partial charge in [0.25, 0.3) is 5.56 Å². The second kappa shape index (κ2) is 8.42. The van der Waals surface area contributed by atoms with Crippen molar-refractivity contribution in [2.24, 2.45) is 0 Å². The van der Waals surface area contributed by atoms with Crippen LogP contribution in [0.3, 0.4) is 0 Å². The lowest BCUT2D eigenvalue weighted by atomic mass is 10.0. The number of para-hydroxylation sites is 1. The van der Waals surface area contributed by atoms with Crippen LogP contribution in [0.25, 0.3) is 21.3 Å². The summed E-state index contributed by atoms with van der Waals surface area (Å²) in [6.45, 7) is 5.35. The number of ether oxygens (including phenoxy) is 1. The van der Waals surface area contributed by atoms with Crippen molar-refractivity contribution in [2.75, 3.05) is 14.2 Å². The minimum absolute atomic E-state index is 0.0828. The number of thiophene rings is 1. The molecule has 0 saturated heterocycles. The Kier molecular flexibility index (Phi) is 5.70. The standard InChI is InChI=1S/C24H25N3O2S/c1-15-9-11-17(12-10-15)21-16(2)30-24-22(21)23(28)25-20(26-24)14-27(3)13-18-7-5-6-8-19(18)29-4/h5-12H,13-14H2,1-4H3,(H,25,26,28). The first-order valence-electron chi connectivity index (χ1n) is 9.86. The lowest BCUT2D eigenvalue weighted by Gasteiger charge is -2.17. The molecule has 0 aliphatic heterocycles. The van der Waals surface area contributed by atoms with Crippen LogP contribution in [0.1, 0.15) is 21.8 Å². The third-order valence-electron chi connectivity index (χ3n) is 5.18. The molecule has 1 N–H and O–H groups in total. The molecule has 0 saturated carbocycles. The predicted octanol–water partition coefficient (Wildman–Crippen LogP) is 4.91. The summed E-state index contributed by atoms with van der Waals surface area (Å²) >= 11 is 1.57. The number of hydrogen-bond acceptors (Lipinski definition) is 5. The van der Waals surface area contributed by atoms with Gasteiger partial charge < -0.3 is 9.72 Å². The number of fused-ring (bicyclic) bond motifs is 1. The number of aromatic nitrogens is 2. The maximum Gasteiger partial charge on any atom is 0.260 e. The monoisotopic (exact) mass is 419 g/mol. The van der Waals surface area contributed by atoms with Crippen molar-refractivity contribution in [3.8, 4) is 16.9 Å². The molecule has 2 aromatic heterocycles. The number of nitrogens with zero attached hydrogens (tertiary/aromatic N) is 2. The highest BCUT2D eigenvalue weighted by molar-refractivity contribution is 7.19. The van der Waals surface area contributed by atoms with Crippen LogP contribution in [0.2, 0.25) is 0 Å². The molecule has 0 aliphatic carbocycles. The van der Waals surface area contributed by atoms with E-state index in [0.717, 1.165) is 32.1 Å². The minimum atomic E-state index is -0.0828. The molecule has 0 bridgehead atoms. The first kappa shape index (κ1) is 20.3. The Morgan fingerprint density at radius 1 is 1.07 bits per heavy atom. The van der Waals surface area contributed by atoms with Crippen molar-refractivity contribution in [3.63, 3.8) is 0 Å². The number of aryl methyl sites for hydroxylation is 2. The Morgan fingerprint density at radius 3 is 2.53 bits per heavy atom. The van der Waals surface area contributed by atoms with Crippen LogP contribution in [0.4, 0.5) is 0 Å². The molecule has 0 unspecified atom stereocenters. The van der Waals surface area contributed by atoms with E-state index in [1.807, 2.05) is 31.3 Å². The van der Waals surface area contributed by atoms with Gasteiger partial charge in [-0.1, -0.05) is 48.0 Å². The molecule has 6 heteroatoms. The van der Waals surface area contributed by atoms with E-state index in [2.05, 4.69) is 48.0 Å². The molecule has 5 nitrogen and oxygen atoms in total. The molecule has 2 aromatic carbocycles. The van der Waals surface area contributed by atoms with Gasteiger partial charge >= 0.3 is 0 Å². The third-order valence-corrected chi connectivity index (χ3v) is 6.18. The van der Waals surface area contributed by atoms with Crippen molar-refractivity contribution in [2.45, 2.75) is 26.9 Å². The molecule has 0 fully saturated rings. The Bertz CT molecular complexity index is 1240. The number of H-pyrrole nitrogens is 1. The Morgan fingerprint density at radius 2 is 1.80 bits per heavy atom. The lowest BCUT2D eigenvalue weighted by molar-refractivity contribution is 0.303. The summed E-state index contributed by atoms with van der Waals surface area (Å²) in [6.07, 6.45) is 0. The van der Waals surface area contributed by atoms with Crippen molar-refractivity contribution in [1.82, 2.24) is 14.9 Å².